The van der Waals surface area contributed by atoms with E-state index in [2.05, 4.69) is 9.97 Å². The minimum Gasteiger partial charge on any atom is -0.481 e. The average Bonchev–Trinajstić information content (AvgIpc) is 3.24. The lowest BCUT2D eigenvalue weighted by molar-refractivity contribution is 0.0472. The van der Waals surface area contributed by atoms with E-state index >= 15 is 0 Å². The Morgan fingerprint density at radius 2 is 2.06 bits per heavy atom. The van der Waals surface area contributed by atoms with Crippen LogP contribution < -0.4 is 4.74 Å². The minimum absolute atomic E-state index is 0.334. The summed E-state index contributed by atoms with van der Waals surface area (Å²) in [5.41, 5.74) is 1.40. The van der Waals surface area contributed by atoms with Crippen LogP contribution in [0.5, 0.6) is 5.88 Å². The second kappa shape index (κ2) is 8.39. The molecule has 158 valence electrons. The van der Waals surface area contributed by atoms with Gasteiger partial charge < -0.3 is 9.47 Å². The van der Waals surface area contributed by atoms with Crippen molar-refractivity contribution in [3.05, 3.63) is 54.6 Å². The molecule has 8 heteroatoms. The van der Waals surface area contributed by atoms with Crippen LogP contribution in [0.25, 0.3) is 33.7 Å². The molecule has 0 spiro atoms. The zero-order valence-corrected chi connectivity index (χ0v) is 17.2. The highest BCUT2D eigenvalue weighted by Gasteiger charge is 2.22. The average molecular weight is 419 g/mol. The first kappa shape index (κ1) is 19.6. The maximum atomic E-state index is 14.4. The molecule has 4 aromatic rings. The van der Waals surface area contributed by atoms with E-state index in [0.29, 0.717) is 53.1 Å². The molecule has 7 nitrogen and oxygen atoms in total. The molecule has 1 aromatic carbocycles. The second-order valence-electron chi connectivity index (χ2n) is 7.61. The number of aromatic nitrogens is 5. The fraction of sp³-hybridized carbons (Fsp3) is 0.304. The topological polar surface area (TPSA) is 75.0 Å². The van der Waals surface area contributed by atoms with E-state index in [-0.39, 0.29) is 5.82 Å². The number of halogens is 1. The molecule has 5 rings (SSSR count). The molecule has 1 aliphatic rings. The van der Waals surface area contributed by atoms with Crippen molar-refractivity contribution in [2.75, 3.05) is 20.3 Å². The Kier molecular flexibility index (Phi) is 5.30. The predicted octanol–water partition coefficient (Wildman–Crippen LogP) is 4.13. The molecule has 31 heavy (non-hydrogen) atoms. The first-order chi connectivity index (χ1) is 15.2. The van der Waals surface area contributed by atoms with Gasteiger partial charge >= 0.3 is 0 Å². The second-order valence-corrected chi connectivity index (χ2v) is 7.61. The van der Waals surface area contributed by atoms with Crippen LogP contribution in [-0.4, -0.2) is 45.1 Å². The number of benzene rings is 1. The molecular weight excluding hydrogens is 397 g/mol. The molecule has 4 heterocycles. The molecule has 1 unspecified atom stereocenters. The first-order valence-corrected chi connectivity index (χ1v) is 10.3. The van der Waals surface area contributed by atoms with E-state index < -0.39 is 0 Å². The van der Waals surface area contributed by atoms with Crippen molar-refractivity contribution >= 4 is 10.8 Å². The summed E-state index contributed by atoms with van der Waals surface area (Å²) < 4.78 is 27.1. The lowest BCUT2D eigenvalue weighted by atomic mass is 10.0. The summed E-state index contributed by atoms with van der Waals surface area (Å²) in [6.45, 7) is 2.14. The molecule has 0 N–H and O–H groups in total. The third kappa shape index (κ3) is 3.86. The zero-order valence-electron chi connectivity index (χ0n) is 17.2. The summed E-state index contributed by atoms with van der Waals surface area (Å²) in [4.78, 5) is 13.4. The van der Waals surface area contributed by atoms with E-state index in [4.69, 9.17) is 19.6 Å². The van der Waals surface area contributed by atoms with Crippen LogP contribution in [-0.2, 0) is 11.3 Å². The first-order valence-electron chi connectivity index (χ1n) is 10.3. The van der Waals surface area contributed by atoms with Gasteiger partial charge in [-0.3, -0.25) is 0 Å². The highest BCUT2D eigenvalue weighted by atomic mass is 19.1. The van der Waals surface area contributed by atoms with Crippen molar-refractivity contribution in [2.45, 2.75) is 19.4 Å². The van der Waals surface area contributed by atoms with Gasteiger partial charge in [-0.15, -0.1) is 0 Å². The number of hydrogen-bond donors (Lipinski definition) is 0. The number of pyridine rings is 2. The van der Waals surface area contributed by atoms with E-state index in [0.717, 1.165) is 25.0 Å². The molecule has 1 atom stereocenters. The largest absolute Gasteiger partial charge is 0.481 e. The summed E-state index contributed by atoms with van der Waals surface area (Å²) in [6.07, 6.45) is 5.00. The standard InChI is InChI=1S/C23H22FN5O2/c1-30-20-11-16(8-9-25-20)22-27-23(29(28-22)13-15-5-4-10-31-14-15)21-18-7-3-2-6-17(18)19(24)12-26-21/h2-3,6-9,11-12,15H,4-5,10,13-14H2,1H3. The molecule has 0 aliphatic carbocycles. The quantitative estimate of drug-likeness (QED) is 0.484. The smallest absolute Gasteiger partial charge is 0.213 e. The van der Waals surface area contributed by atoms with Crippen molar-refractivity contribution in [2.24, 2.45) is 5.92 Å². The van der Waals surface area contributed by atoms with Crippen molar-refractivity contribution in [1.82, 2.24) is 24.7 Å². The highest BCUT2D eigenvalue weighted by Crippen LogP contribution is 2.30. The Balaban J connectivity index is 1.64. The Morgan fingerprint density at radius 3 is 2.87 bits per heavy atom. The van der Waals surface area contributed by atoms with Crippen molar-refractivity contribution < 1.29 is 13.9 Å². The van der Waals surface area contributed by atoms with Gasteiger partial charge in [0.05, 0.1) is 19.9 Å². The molecule has 0 radical (unpaired) electrons. The number of hydrogen-bond acceptors (Lipinski definition) is 6. The Bertz CT molecular complexity index is 1220. The fourth-order valence-electron chi connectivity index (χ4n) is 3.96. The van der Waals surface area contributed by atoms with Crippen LogP contribution in [0.3, 0.4) is 0 Å². The van der Waals surface area contributed by atoms with Gasteiger partial charge in [0.15, 0.2) is 11.6 Å². The van der Waals surface area contributed by atoms with Crippen LogP contribution in [0.15, 0.2) is 48.8 Å². The maximum absolute atomic E-state index is 14.4. The zero-order chi connectivity index (χ0) is 21.2. The maximum Gasteiger partial charge on any atom is 0.213 e. The fourth-order valence-corrected chi connectivity index (χ4v) is 3.96. The van der Waals surface area contributed by atoms with E-state index in [1.807, 2.05) is 28.9 Å². The third-order valence-corrected chi connectivity index (χ3v) is 5.52. The van der Waals surface area contributed by atoms with Gasteiger partial charge in [0.2, 0.25) is 5.88 Å². The normalized spacial score (nSPS) is 16.5. The number of fused-ring (bicyclic) bond motifs is 1. The molecule has 0 amide bonds. The van der Waals surface area contributed by atoms with Gasteiger partial charge in [-0.1, -0.05) is 24.3 Å². The molecule has 1 fully saturated rings. The van der Waals surface area contributed by atoms with Crippen LogP contribution in [0.2, 0.25) is 0 Å². The van der Waals surface area contributed by atoms with Crippen molar-refractivity contribution in [1.29, 1.82) is 0 Å². The SMILES string of the molecule is COc1cc(-c2nc(-c3ncc(F)c4ccccc34)n(CC3CCCOC3)n2)ccn1. The number of ether oxygens (including phenoxy) is 2. The summed E-state index contributed by atoms with van der Waals surface area (Å²) in [7, 11) is 1.57. The van der Waals surface area contributed by atoms with Crippen LogP contribution in [0, 0.1) is 11.7 Å². The number of nitrogens with zero attached hydrogens (tertiary/aromatic N) is 5. The number of methoxy groups -OCH3 is 1. The van der Waals surface area contributed by atoms with Crippen molar-refractivity contribution in [3.8, 4) is 28.8 Å². The van der Waals surface area contributed by atoms with Gasteiger partial charge in [-0.25, -0.2) is 24.0 Å². The summed E-state index contributed by atoms with van der Waals surface area (Å²) in [5.74, 6) is 1.61. The third-order valence-electron chi connectivity index (χ3n) is 5.52. The lowest BCUT2D eigenvalue weighted by Crippen LogP contribution is -2.23. The molecule has 0 bridgehead atoms. The molecule has 1 saturated heterocycles. The van der Waals surface area contributed by atoms with Gasteiger partial charge in [0.25, 0.3) is 0 Å². The molecule has 0 saturated carbocycles. The van der Waals surface area contributed by atoms with E-state index in [9.17, 15) is 4.39 Å². The number of rotatable bonds is 5. The lowest BCUT2D eigenvalue weighted by Gasteiger charge is -2.22. The highest BCUT2D eigenvalue weighted by molar-refractivity contribution is 5.93. The summed E-state index contributed by atoms with van der Waals surface area (Å²) in [5, 5.41) is 6.00. The van der Waals surface area contributed by atoms with Gasteiger partial charge in [-0.05, 0) is 18.9 Å². The van der Waals surface area contributed by atoms with Crippen LogP contribution in [0.4, 0.5) is 4.39 Å². The molecular formula is C23H22FN5O2. The van der Waals surface area contributed by atoms with Crippen LogP contribution >= 0.6 is 0 Å². The van der Waals surface area contributed by atoms with E-state index in [1.54, 1.807) is 25.4 Å². The predicted molar refractivity (Wildman–Crippen MR) is 114 cm³/mol. The summed E-state index contributed by atoms with van der Waals surface area (Å²) >= 11 is 0. The van der Waals surface area contributed by atoms with E-state index in [1.165, 1.54) is 6.20 Å². The Morgan fingerprint density at radius 1 is 1.19 bits per heavy atom. The van der Waals surface area contributed by atoms with Gasteiger partial charge in [0, 0.05) is 47.7 Å². The van der Waals surface area contributed by atoms with Gasteiger partial charge in [-0.2, -0.15) is 5.10 Å². The van der Waals surface area contributed by atoms with Gasteiger partial charge in [0.1, 0.15) is 11.5 Å². The van der Waals surface area contributed by atoms with Crippen LogP contribution in [0.1, 0.15) is 12.8 Å². The minimum atomic E-state index is -0.356. The van der Waals surface area contributed by atoms with Crippen molar-refractivity contribution in [3.63, 3.8) is 0 Å². The molecule has 1 aliphatic heterocycles. The Hall–Kier alpha value is -3.39. The summed E-state index contributed by atoms with van der Waals surface area (Å²) in [6, 6.07) is 10.9. The molecule has 3 aromatic heterocycles. The Labute approximate surface area is 178 Å². The monoisotopic (exact) mass is 419 g/mol.